The fourth-order valence-electron chi connectivity index (χ4n) is 4.09. The predicted octanol–water partition coefficient (Wildman–Crippen LogP) is 5.68. The van der Waals surface area contributed by atoms with Crippen LogP contribution in [-0.2, 0) is 17.9 Å². The highest BCUT2D eigenvalue weighted by Crippen LogP contribution is 2.28. The zero-order chi connectivity index (χ0) is 20.2. The van der Waals surface area contributed by atoms with Gasteiger partial charge >= 0.3 is 0 Å². The van der Waals surface area contributed by atoms with Gasteiger partial charge < -0.3 is 5.32 Å². The summed E-state index contributed by atoms with van der Waals surface area (Å²) in [6, 6.07) is 20.1. The van der Waals surface area contributed by atoms with Crippen molar-refractivity contribution in [2.45, 2.75) is 25.9 Å². The maximum Gasteiger partial charge on any atom is 0.224 e. The van der Waals surface area contributed by atoms with Crippen molar-refractivity contribution in [1.29, 1.82) is 0 Å². The van der Waals surface area contributed by atoms with E-state index in [1.807, 2.05) is 36.4 Å². The molecular weight excluding hydrogens is 403 g/mol. The third kappa shape index (κ3) is 4.75. The Morgan fingerprint density at radius 3 is 2.55 bits per heavy atom. The lowest BCUT2D eigenvalue weighted by atomic mass is 9.96. The van der Waals surface area contributed by atoms with Gasteiger partial charge in [0, 0.05) is 35.2 Å². The number of piperidine rings is 1. The van der Waals surface area contributed by atoms with E-state index in [9.17, 15) is 4.79 Å². The van der Waals surface area contributed by atoms with E-state index in [0.717, 1.165) is 37.1 Å². The lowest BCUT2D eigenvalue weighted by Crippen LogP contribution is -2.42. The second-order valence-corrected chi connectivity index (χ2v) is 8.44. The van der Waals surface area contributed by atoms with E-state index in [4.69, 9.17) is 23.2 Å². The van der Waals surface area contributed by atoms with Crippen molar-refractivity contribution in [2.24, 2.45) is 5.92 Å². The Morgan fingerprint density at radius 2 is 1.72 bits per heavy atom. The third-order valence-electron chi connectivity index (χ3n) is 5.65. The molecule has 150 valence electrons. The van der Waals surface area contributed by atoms with Crippen LogP contribution in [0.1, 0.15) is 24.0 Å². The number of carbonyl (C=O) groups excluding carboxylic acids is 1. The lowest BCUT2D eigenvalue weighted by Gasteiger charge is -2.32. The largest absolute Gasteiger partial charge is 0.352 e. The number of hydrogen-bond donors (Lipinski definition) is 1. The Balaban J connectivity index is 1.39. The summed E-state index contributed by atoms with van der Waals surface area (Å²) in [6.45, 7) is 2.90. The van der Waals surface area contributed by atoms with Crippen LogP contribution in [0.2, 0.25) is 10.0 Å². The van der Waals surface area contributed by atoms with Gasteiger partial charge in [0.2, 0.25) is 5.91 Å². The standard InChI is InChI=1S/C24H24Cl2N2O/c25-22-11-4-12-23(26)21(22)16-28-13-5-9-19(15-28)24(29)27-14-18-8-3-7-17-6-1-2-10-20(17)18/h1-4,6-8,10-12,19H,5,9,13-16H2,(H,27,29)/t19-/m0/s1. The van der Waals surface area contributed by atoms with Crippen LogP contribution in [0.15, 0.2) is 60.7 Å². The van der Waals surface area contributed by atoms with Crippen molar-refractivity contribution in [3.8, 4) is 0 Å². The van der Waals surface area contributed by atoms with E-state index in [1.54, 1.807) is 0 Å². The molecule has 0 saturated carbocycles. The van der Waals surface area contributed by atoms with Crippen LogP contribution >= 0.6 is 23.2 Å². The average Bonchev–Trinajstić information content (AvgIpc) is 2.75. The van der Waals surface area contributed by atoms with Crippen LogP contribution in [-0.4, -0.2) is 23.9 Å². The van der Waals surface area contributed by atoms with Crippen LogP contribution in [0, 0.1) is 5.92 Å². The fraction of sp³-hybridized carbons (Fsp3) is 0.292. The highest BCUT2D eigenvalue weighted by atomic mass is 35.5. The summed E-state index contributed by atoms with van der Waals surface area (Å²) in [5, 5.41) is 6.89. The van der Waals surface area contributed by atoms with Crippen molar-refractivity contribution in [2.75, 3.05) is 13.1 Å². The first-order chi connectivity index (χ1) is 14.1. The molecule has 3 nitrogen and oxygen atoms in total. The molecule has 1 heterocycles. The molecule has 1 fully saturated rings. The molecule has 5 heteroatoms. The van der Waals surface area contributed by atoms with Crippen LogP contribution in [0.3, 0.4) is 0 Å². The summed E-state index contributed by atoms with van der Waals surface area (Å²) in [7, 11) is 0. The molecule has 0 bridgehead atoms. The predicted molar refractivity (Wildman–Crippen MR) is 120 cm³/mol. The highest BCUT2D eigenvalue weighted by molar-refractivity contribution is 6.35. The number of nitrogens with one attached hydrogen (secondary N) is 1. The molecule has 1 saturated heterocycles. The van der Waals surface area contributed by atoms with Crippen molar-refractivity contribution in [3.63, 3.8) is 0 Å². The summed E-state index contributed by atoms with van der Waals surface area (Å²) in [5.74, 6) is 0.105. The number of nitrogens with zero attached hydrogens (tertiary/aromatic N) is 1. The molecule has 4 rings (SSSR count). The molecule has 1 atom stereocenters. The molecule has 0 spiro atoms. The average molecular weight is 427 g/mol. The fourth-order valence-corrected chi connectivity index (χ4v) is 4.61. The van der Waals surface area contributed by atoms with E-state index in [0.29, 0.717) is 23.1 Å². The summed E-state index contributed by atoms with van der Waals surface area (Å²) >= 11 is 12.6. The van der Waals surface area contributed by atoms with Gasteiger partial charge in [0.05, 0.1) is 5.92 Å². The molecule has 1 aliphatic heterocycles. The van der Waals surface area contributed by atoms with Gasteiger partial charge in [-0.3, -0.25) is 9.69 Å². The van der Waals surface area contributed by atoms with Gasteiger partial charge in [-0.05, 0) is 47.9 Å². The number of hydrogen-bond acceptors (Lipinski definition) is 2. The monoisotopic (exact) mass is 426 g/mol. The van der Waals surface area contributed by atoms with Gasteiger partial charge in [-0.25, -0.2) is 0 Å². The van der Waals surface area contributed by atoms with Crippen LogP contribution in [0.4, 0.5) is 0 Å². The first kappa shape index (κ1) is 20.2. The molecule has 1 N–H and O–H groups in total. The number of carbonyl (C=O) groups is 1. The second-order valence-electron chi connectivity index (χ2n) is 7.63. The van der Waals surface area contributed by atoms with Crippen molar-refractivity contribution in [3.05, 3.63) is 81.8 Å². The number of halogens is 2. The summed E-state index contributed by atoms with van der Waals surface area (Å²) in [6.07, 6.45) is 1.91. The normalized spacial score (nSPS) is 17.4. The summed E-state index contributed by atoms with van der Waals surface area (Å²) < 4.78 is 0. The van der Waals surface area contributed by atoms with Crippen molar-refractivity contribution in [1.82, 2.24) is 10.2 Å². The quantitative estimate of drug-likeness (QED) is 0.569. The molecule has 1 aliphatic rings. The SMILES string of the molecule is O=C(NCc1cccc2ccccc12)[C@H]1CCCN(Cc2c(Cl)cccc2Cl)C1. The van der Waals surface area contributed by atoms with Crippen LogP contribution < -0.4 is 5.32 Å². The van der Waals surface area contributed by atoms with Crippen molar-refractivity contribution >= 4 is 39.9 Å². The molecule has 1 amide bonds. The third-order valence-corrected chi connectivity index (χ3v) is 6.36. The summed E-state index contributed by atoms with van der Waals surface area (Å²) in [4.78, 5) is 15.1. The van der Waals surface area contributed by atoms with Crippen molar-refractivity contribution < 1.29 is 4.79 Å². The number of fused-ring (bicyclic) bond motifs is 1. The van der Waals surface area contributed by atoms with Gasteiger partial charge in [0.15, 0.2) is 0 Å². The topological polar surface area (TPSA) is 32.3 Å². The number of rotatable bonds is 5. The molecule has 0 radical (unpaired) electrons. The Morgan fingerprint density at radius 1 is 1.00 bits per heavy atom. The van der Waals surface area contributed by atoms with Gasteiger partial charge in [-0.15, -0.1) is 0 Å². The number of benzene rings is 3. The zero-order valence-corrected chi connectivity index (χ0v) is 17.7. The zero-order valence-electron chi connectivity index (χ0n) is 16.2. The Hall–Kier alpha value is -2.07. The molecule has 0 aliphatic carbocycles. The smallest absolute Gasteiger partial charge is 0.224 e. The van der Waals surface area contributed by atoms with E-state index in [2.05, 4.69) is 34.5 Å². The van der Waals surface area contributed by atoms with Crippen LogP contribution in [0.5, 0.6) is 0 Å². The minimum Gasteiger partial charge on any atom is -0.352 e. The number of likely N-dealkylation sites (tertiary alicyclic amines) is 1. The number of amides is 1. The van der Waals surface area contributed by atoms with Gasteiger partial charge in [-0.2, -0.15) is 0 Å². The maximum atomic E-state index is 12.8. The van der Waals surface area contributed by atoms with Crippen LogP contribution in [0.25, 0.3) is 10.8 Å². The minimum absolute atomic E-state index is 0.0139. The molecule has 3 aromatic rings. The van der Waals surface area contributed by atoms with Gasteiger partial charge in [-0.1, -0.05) is 71.7 Å². The first-order valence-electron chi connectivity index (χ1n) is 10.0. The maximum absolute atomic E-state index is 12.8. The lowest BCUT2D eigenvalue weighted by molar-refractivity contribution is -0.126. The molecular formula is C24H24Cl2N2O. The van der Waals surface area contributed by atoms with E-state index in [1.165, 1.54) is 10.8 Å². The Labute approximate surface area is 181 Å². The molecule has 0 aromatic heterocycles. The second kappa shape index (κ2) is 9.17. The van der Waals surface area contributed by atoms with E-state index >= 15 is 0 Å². The molecule has 3 aromatic carbocycles. The molecule has 29 heavy (non-hydrogen) atoms. The Kier molecular flexibility index (Phi) is 6.39. The van der Waals surface area contributed by atoms with E-state index < -0.39 is 0 Å². The Bertz CT molecular complexity index is 995. The van der Waals surface area contributed by atoms with E-state index in [-0.39, 0.29) is 11.8 Å². The highest BCUT2D eigenvalue weighted by Gasteiger charge is 2.26. The van der Waals surface area contributed by atoms with Gasteiger partial charge in [0.1, 0.15) is 0 Å². The summed E-state index contributed by atoms with van der Waals surface area (Å²) in [5.41, 5.74) is 2.08. The first-order valence-corrected chi connectivity index (χ1v) is 10.8. The molecule has 0 unspecified atom stereocenters. The minimum atomic E-state index is -0.0139. The van der Waals surface area contributed by atoms with Gasteiger partial charge in [0.25, 0.3) is 0 Å².